The maximum Gasteiger partial charge on any atom is 0.221 e. The Morgan fingerprint density at radius 3 is 2.39 bits per heavy atom. The van der Waals surface area contributed by atoms with Crippen LogP contribution in [-0.2, 0) is 4.79 Å². The molecular weight excluding hydrogens is 226 g/mol. The molecule has 0 bridgehead atoms. The summed E-state index contributed by atoms with van der Waals surface area (Å²) in [5.41, 5.74) is 11.6. The molecule has 0 aromatic heterocycles. The van der Waals surface area contributed by atoms with Gasteiger partial charge in [-0.15, -0.1) is 0 Å². The largest absolute Gasteiger partial charge is 0.369 e. The summed E-state index contributed by atoms with van der Waals surface area (Å²) in [5, 5.41) is 0. The fourth-order valence-corrected chi connectivity index (χ4v) is 3.07. The molecule has 0 radical (unpaired) electrons. The van der Waals surface area contributed by atoms with E-state index in [1.54, 1.807) is 0 Å². The van der Waals surface area contributed by atoms with E-state index in [1.807, 2.05) is 6.92 Å². The van der Waals surface area contributed by atoms with Crippen molar-refractivity contribution in [3.8, 4) is 0 Å². The summed E-state index contributed by atoms with van der Waals surface area (Å²) in [6.45, 7) is 6.54. The van der Waals surface area contributed by atoms with E-state index >= 15 is 0 Å². The molecule has 4 N–H and O–H groups in total. The number of hydrogen-bond acceptors (Lipinski definition) is 3. The molecule has 0 aromatic carbocycles. The van der Waals surface area contributed by atoms with Crippen molar-refractivity contribution in [1.29, 1.82) is 0 Å². The van der Waals surface area contributed by atoms with Gasteiger partial charge in [-0.25, -0.2) is 0 Å². The van der Waals surface area contributed by atoms with E-state index in [0.29, 0.717) is 6.54 Å². The Balaban J connectivity index is 2.76. The van der Waals surface area contributed by atoms with Crippen LogP contribution < -0.4 is 11.5 Å². The average Bonchev–Trinajstić information content (AvgIpc) is 2.38. The molecule has 0 aromatic rings. The normalized spacial score (nSPS) is 20.9. The van der Waals surface area contributed by atoms with Crippen molar-refractivity contribution in [2.75, 3.05) is 19.6 Å². The molecule has 18 heavy (non-hydrogen) atoms. The molecule has 4 nitrogen and oxygen atoms in total. The number of amides is 1. The minimum atomic E-state index is -0.209. The summed E-state index contributed by atoms with van der Waals surface area (Å²) in [6.07, 6.45) is 7.23. The minimum absolute atomic E-state index is 0.0955. The molecule has 106 valence electrons. The second-order valence-electron chi connectivity index (χ2n) is 5.74. The zero-order valence-electron chi connectivity index (χ0n) is 12.0. The first-order valence-electron chi connectivity index (χ1n) is 7.30. The molecule has 1 aliphatic rings. The van der Waals surface area contributed by atoms with Crippen molar-refractivity contribution in [2.45, 2.75) is 57.9 Å². The van der Waals surface area contributed by atoms with Gasteiger partial charge in [-0.05, 0) is 25.8 Å². The van der Waals surface area contributed by atoms with Crippen molar-refractivity contribution in [3.05, 3.63) is 0 Å². The van der Waals surface area contributed by atoms with Crippen LogP contribution in [0.25, 0.3) is 0 Å². The van der Waals surface area contributed by atoms with Gasteiger partial charge in [0, 0.05) is 24.5 Å². The lowest BCUT2D eigenvalue weighted by atomic mass is 9.79. The van der Waals surface area contributed by atoms with Gasteiger partial charge >= 0.3 is 0 Å². The van der Waals surface area contributed by atoms with Crippen molar-refractivity contribution in [1.82, 2.24) is 4.90 Å². The lowest BCUT2D eigenvalue weighted by Crippen LogP contribution is -2.57. The number of nitrogens with two attached hydrogens (primary N) is 2. The Labute approximate surface area is 111 Å². The summed E-state index contributed by atoms with van der Waals surface area (Å²) in [5.74, 6) is -0.305. The Morgan fingerprint density at radius 2 is 1.94 bits per heavy atom. The molecule has 1 saturated carbocycles. The van der Waals surface area contributed by atoms with Crippen molar-refractivity contribution >= 4 is 5.91 Å². The van der Waals surface area contributed by atoms with Gasteiger partial charge in [0.05, 0.1) is 0 Å². The average molecular weight is 255 g/mol. The molecule has 1 amide bonds. The molecule has 1 rings (SSSR count). The summed E-state index contributed by atoms with van der Waals surface area (Å²) >= 11 is 0. The van der Waals surface area contributed by atoms with Crippen LogP contribution >= 0.6 is 0 Å². The van der Waals surface area contributed by atoms with Crippen LogP contribution in [0.15, 0.2) is 0 Å². The Kier molecular flexibility index (Phi) is 6.09. The van der Waals surface area contributed by atoms with Crippen LogP contribution in [-0.4, -0.2) is 36.0 Å². The molecular formula is C14H29N3O. The number of nitrogens with zero attached hydrogens (tertiary/aromatic N) is 1. The number of carbonyl (C=O) groups excluding carboxylic acids is 1. The standard InChI is InChI=1S/C14H29N3O/c1-3-9-17(10-12(2)13(16)18)14(11-15)7-5-4-6-8-14/h12H,3-11,15H2,1-2H3,(H2,16,18). The maximum absolute atomic E-state index is 11.3. The second kappa shape index (κ2) is 7.10. The van der Waals surface area contributed by atoms with Gasteiger partial charge in [0.1, 0.15) is 0 Å². The number of carbonyl (C=O) groups is 1. The highest BCUT2D eigenvalue weighted by Gasteiger charge is 2.37. The van der Waals surface area contributed by atoms with E-state index < -0.39 is 0 Å². The van der Waals surface area contributed by atoms with Crippen LogP contribution in [0.3, 0.4) is 0 Å². The number of primary amides is 1. The van der Waals surface area contributed by atoms with Crippen molar-refractivity contribution in [3.63, 3.8) is 0 Å². The first kappa shape index (κ1) is 15.4. The van der Waals surface area contributed by atoms with Crippen LogP contribution in [0, 0.1) is 5.92 Å². The fourth-order valence-electron chi connectivity index (χ4n) is 3.07. The van der Waals surface area contributed by atoms with Gasteiger partial charge in [-0.3, -0.25) is 9.69 Å². The summed E-state index contributed by atoms with van der Waals surface area (Å²) < 4.78 is 0. The van der Waals surface area contributed by atoms with Crippen LogP contribution in [0.4, 0.5) is 0 Å². The van der Waals surface area contributed by atoms with Crippen LogP contribution in [0.1, 0.15) is 52.4 Å². The Bertz CT molecular complexity index is 262. The third kappa shape index (κ3) is 3.69. The summed E-state index contributed by atoms with van der Waals surface area (Å²) in [6, 6.07) is 0. The second-order valence-corrected chi connectivity index (χ2v) is 5.74. The molecule has 0 heterocycles. The topological polar surface area (TPSA) is 72.3 Å². The van der Waals surface area contributed by atoms with Gasteiger partial charge in [0.2, 0.25) is 5.91 Å². The maximum atomic E-state index is 11.3. The molecule has 0 saturated heterocycles. The predicted molar refractivity (Wildman–Crippen MR) is 75.1 cm³/mol. The molecule has 1 atom stereocenters. The highest BCUT2D eigenvalue weighted by Crippen LogP contribution is 2.33. The Morgan fingerprint density at radius 1 is 1.33 bits per heavy atom. The predicted octanol–water partition coefficient (Wildman–Crippen LogP) is 1.48. The van der Waals surface area contributed by atoms with E-state index in [1.165, 1.54) is 19.3 Å². The molecule has 1 unspecified atom stereocenters. The highest BCUT2D eigenvalue weighted by molar-refractivity contribution is 5.76. The Hall–Kier alpha value is -0.610. The molecule has 0 spiro atoms. The first-order chi connectivity index (χ1) is 8.55. The highest BCUT2D eigenvalue weighted by atomic mass is 16.1. The smallest absolute Gasteiger partial charge is 0.221 e. The van der Waals surface area contributed by atoms with Gasteiger partial charge in [0.15, 0.2) is 0 Å². The van der Waals surface area contributed by atoms with Crippen molar-refractivity contribution in [2.24, 2.45) is 17.4 Å². The van der Waals surface area contributed by atoms with Gasteiger partial charge in [0.25, 0.3) is 0 Å². The molecule has 4 heteroatoms. The van der Waals surface area contributed by atoms with Crippen molar-refractivity contribution < 1.29 is 4.79 Å². The van der Waals surface area contributed by atoms with Gasteiger partial charge in [-0.2, -0.15) is 0 Å². The monoisotopic (exact) mass is 255 g/mol. The van der Waals surface area contributed by atoms with E-state index in [2.05, 4.69) is 11.8 Å². The van der Waals surface area contributed by atoms with E-state index in [-0.39, 0.29) is 17.4 Å². The lowest BCUT2D eigenvalue weighted by Gasteiger charge is -2.46. The van der Waals surface area contributed by atoms with E-state index in [0.717, 1.165) is 32.4 Å². The fraction of sp³-hybridized carbons (Fsp3) is 0.929. The summed E-state index contributed by atoms with van der Waals surface area (Å²) in [4.78, 5) is 13.7. The van der Waals surface area contributed by atoms with Crippen LogP contribution in [0.2, 0.25) is 0 Å². The summed E-state index contributed by atoms with van der Waals surface area (Å²) in [7, 11) is 0. The first-order valence-corrected chi connectivity index (χ1v) is 7.30. The molecule has 1 fully saturated rings. The third-order valence-electron chi connectivity index (χ3n) is 4.31. The van der Waals surface area contributed by atoms with Gasteiger partial charge < -0.3 is 11.5 Å². The van der Waals surface area contributed by atoms with E-state index in [4.69, 9.17) is 11.5 Å². The minimum Gasteiger partial charge on any atom is -0.369 e. The number of hydrogen-bond donors (Lipinski definition) is 2. The molecule has 1 aliphatic carbocycles. The van der Waals surface area contributed by atoms with E-state index in [9.17, 15) is 4.79 Å². The van der Waals surface area contributed by atoms with Gasteiger partial charge in [-0.1, -0.05) is 33.1 Å². The number of rotatable bonds is 7. The zero-order chi connectivity index (χ0) is 13.6. The van der Waals surface area contributed by atoms with Crippen LogP contribution in [0.5, 0.6) is 0 Å². The quantitative estimate of drug-likeness (QED) is 0.724. The SMILES string of the molecule is CCCN(CC(C)C(N)=O)C1(CN)CCCCC1. The molecule has 0 aliphatic heterocycles. The lowest BCUT2D eigenvalue weighted by molar-refractivity contribution is -0.122. The zero-order valence-corrected chi connectivity index (χ0v) is 12.0. The third-order valence-corrected chi connectivity index (χ3v) is 4.31.